The van der Waals surface area contributed by atoms with Crippen molar-refractivity contribution in [2.24, 2.45) is 0 Å². The summed E-state index contributed by atoms with van der Waals surface area (Å²) in [6.45, 7) is 2.81. The molecule has 0 saturated carbocycles. The molecule has 1 N–H and O–H groups in total. The molecule has 0 bridgehead atoms. The van der Waals surface area contributed by atoms with Gasteiger partial charge in [-0.25, -0.2) is 0 Å². The van der Waals surface area contributed by atoms with Gasteiger partial charge in [-0.05, 0) is 30.2 Å². The second-order valence-electron chi connectivity index (χ2n) is 4.90. The first-order valence-electron chi connectivity index (χ1n) is 7.25. The summed E-state index contributed by atoms with van der Waals surface area (Å²) in [5.74, 6) is 4.23. The molecule has 0 aliphatic carbocycles. The van der Waals surface area contributed by atoms with Crippen molar-refractivity contribution in [3.05, 3.63) is 59.5 Å². The number of hydrogen-bond acceptors (Lipinski definition) is 4. The van der Waals surface area contributed by atoms with E-state index in [-0.39, 0.29) is 5.91 Å². The van der Waals surface area contributed by atoms with Crippen LogP contribution in [0.3, 0.4) is 0 Å². The Kier molecular flexibility index (Phi) is 7.46. The molecular weight excluding hydrogens is 314 g/mol. The van der Waals surface area contributed by atoms with Crippen LogP contribution in [0.2, 0.25) is 0 Å². The predicted octanol–water partition coefficient (Wildman–Crippen LogP) is 3.87. The average Bonchev–Trinajstić information content (AvgIpc) is 3.02. The van der Waals surface area contributed by atoms with Crippen molar-refractivity contribution in [2.75, 3.05) is 18.1 Å². The van der Waals surface area contributed by atoms with E-state index in [1.807, 2.05) is 24.3 Å². The molecule has 2 rings (SSSR count). The van der Waals surface area contributed by atoms with E-state index in [1.54, 1.807) is 29.8 Å². The lowest BCUT2D eigenvalue weighted by Gasteiger charge is -2.06. The first kappa shape index (κ1) is 17.0. The molecule has 0 saturated heterocycles. The fourth-order valence-corrected chi connectivity index (χ4v) is 3.60. The van der Waals surface area contributed by atoms with Crippen LogP contribution in [-0.4, -0.2) is 24.0 Å². The minimum absolute atomic E-state index is 0.109. The van der Waals surface area contributed by atoms with Gasteiger partial charge >= 0.3 is 0 Å². The molecule has 0 aliphatic heterocycles. The van der Waals surface area contributed by atoms with E-state index < -0.39 is 0 Å². The van der Waals surface area contributed by atoms with E-state index in [0.717, 1.165) is 23.0 Å². The summed E-state index contributed by atoms with van der Waals surface area (Å²) >= 11 is 3.42. The first-order chi connectivity index (χ1) is 10.8. The Bertz CT molecular complexity index is 570. The highest BCUT2D eigenvalue weighted by atomic mass is 32.2. The van der Waals surface area contributed by atoms with Crippen molar-refractivity contribution in [1.82, 2.24) is 5.32 Å². The number of rotatable bonds is 9. The van der Waals surface area contributed by atoms with Crippen molar-refractivity contribution in [2.45, 2.75) is 18.4 Å². The van der Waals surface area contributed by atoms with Gasteiger partial charge in [0.1, 0.15) is 5.76 Å². The molecule has 2 aromatic rings. The minimum Gasteiger partial charge on any atom is -0.468 e. The molecule has 5 heteroatoms. The quantitative estimate of drug-likeness (QED) is 0.706. The van der Waals surface area contributed by atoms with E-state index in [0.29, 0.717) is 12.3 Å². The van der Waals surface area contributed by atoms with Gasteiger partial charge in [0.05, 0.1) is 17.8 Å². The van der Waals surface area contributed by atoms with E-state index >= 15 is 0 Å². The summed E-state index contributed by atoms with van der Waals surface area (Å²) in [4.78, 5) is 11.8. The predicted molar refractivity (Wildman–Crippen MR) is 95.2 cm³/mol. The monoisotopic (exact) mass is 335 g/mol. The second kappa shape index (κ2) is 9.64. The molecule has 0 radical (unpaired) electrons. The summed E-state index contributed by atoms with van der Waals surface area (Å²) in [6.07, 6.45) is 1.68. The number of carbonyl (C=O) groups is 1. The van der Waals surface area contributed by atoms with Crippen LogP contribution >= 0.6 is 23.5 Å². The topological polar surface area (TPSA) is 42.2 Å². The van der Waals surface area contributed by atoms with Gasteiger partial charge in [-0.3, -0.25) is 4.79 Å². The Morgan fingerprint density at radius 1 is 1.14 bits per heavy atom. The number of nitrogens with one attached hydrogen (secondary N) is 1. The number of furan rings is 1. The van der Waals surface area contributed by atoms with Crippen LogP contribution in [0.5, 0.6) is 0 Å². The third kappa shape index (κ3) is 6.20. The molecule has 0 unspecified atom stereocenters. The maximum Gasteiger partial charge on any atom is 0.230 e. The first-order valence-corrected chi connectivity index (χ1v) is 9.55. The zero-order chi connectivity index (χ0) is 15.6. The van der Waals surface area contributed by atoms with Crippen molar-refractivity contribution in [1.29, 1.82) is 0 Å². The van der Waals surface area contributed by atoms with Gasteiger partial charge in [-0.2, -0.15) is 11.8 Å². The average molecular weight is 335 g/mol. The Labute approximate surface area is 140 Å². The molecule has 1 heterocycles. The fraction of sp³-hybridized carbons (Fsp3) is 0.353. The molecule has 22 heavy (non-hydrogen) atoms. The number of benzene rings is 1. The highest BCUT2D eigenvalue weighted by Crippen LogP contribution is 2.15. The molecule has 1 aromatic carbocycles. The van der Waals surface area contributed by atoms with Crippen molar-refractivity contribution in [3.8, 4) is 0 Å². The molecule has 1 amide bonds. The minimum atomic E-state index is 0.109. The fourth-order valence-electron chi connectivity index (χ4n) is 1.91. The van der Waals surface area contributed by atoms with Gasteiger partial charge < -0.3 is 9.73 Å². The van der Waals surface area contributed by atoms with Crippen LogP contribution in [0.4, 0.5) is 0 Å². The summed E-state index contributed by atoms with van der Waals surface area (Å²) in [7, 11) is 0. The van der Waals surface area contributed by atoms with Gasteiger partial charge in [0.2, 0.25) is 5.91 Å². The van der Waals surface area contributed by atoms with E-state index in [2.05, 4.69) is 24.4 Å². The Hall–Kier alpha value is -1.33. The molecule has 3 nitrogen and oxygen atoms in total. The maximum absolute atomic E-state index is 11.8. The lowest BCUT2D eigenvalue weighted by molar-refractivity contribution is -0.118. The standard InChI is InChI=1S/C17H21NO2S2/c1-14-5-2-3-6-15(14)11-22-13-17(19)18-8-10-21-12-16-7-4-9-20-16/h2-7,9H,8,10-13H2,1H3,(H,18,19). The van der Waals surface area contributed by atoms with E-state index in [4.69, 9.17) is 4.42 Å². The zero-order valence-electron chi connectivity index (χ0n) is 12.7. The highest BCUT2D eigenvalue weighted by Gasteiger charge is 2.03. The van der Waals surface area contributed by atoms with Crippen LogP contribution < -0.4 is 5.32 Å². The van der Waals surface area contributed by atoms with Crippen molar-refractivity contribution < 1.29 is 9.21 Å². The number of thioether (sulfide) groups is 2. The normalized spacial score (nSPS) is 10.6. The Morgan fingerprint density at radius 2 is 2.00 bits per heavy atom. The van der Waals surface area contributed by atoms with Gasteiger partial charge in [0.25, 0.3) is 0 Å². The zero-order valence-corrected chi connectivity index (χ0v) is 14.3. The van der Waals surface area contributed by atoms with Crippen LogP contribution in [0.25, 0.3) is 0 Å². The van der Waals surface area contributed by atoms with E-state index in [9.17, 15) is 4.79 Å². The summed E-state index contributed by atoms with van der Waals surface area (Å²) in [6, 6.07) is 12.2. The van der Waals surface area contributed by atoms with Crippen molar-refractivity contribution >= 4 is 29.4 Å². The summed E-state index contributed by atoms with van der Waals surface area (Å²) in [5.41, 5.74) is 2.58. The maximum atomic E-state index is 11.8. The van der Waals surface area contributed by atoms with Gasteiger partial charge in [-0.1, -0.05) is 24.3 Å². The SMILES string of the molecule is Cc1ccccc1CSCC(=O)NCCSCc1ccco1. The highest BCUT2D eigenvalue weighted by molar-refractivity contribution is 7.99. The number of carbonyl (C=O) groups excluding carboxylic acids is 1. The molecule has 118 valence electrons. The van der Waals surface area contributed by atoms with Crippen molar-refractivity contribution in [3.63, 3.8) is 0 Å². The third-order valence-electron chi connectivity index (χ3n) is 3.14. The molecule has 0 aliphatic rings. The van der Waals surface area contributed by atoms with E-state index in [1.165, 1.54) is 11.1 Å². The van der Waals surface area contributed by atoms with Gasteiger partial charge in [-0.15, -0.1) is 11.8 Å². The Balaban J connectivity index is 1.52. The number of aryl methyl sites for hydroxylation is 1. The van der Waals surface area contributed by atoms with Crippen LogP contribution in [-0.2, 0) is 16.3 Å². The molecule has 1 aromatic heterocycles. The molecule has 0 spiro atoms. The van der Waals surface area contributed by atoms with Gasteiger partial charge in [0.15, 0.2) is 0 Å². The van der Waals surface area contributed by atoms with Crippen LogP contribution in [0.1, 0.15) is 16.9 Å². The van der Waals surface area contributed by atoms with Crippen LogP contribution in [0, 0.1) is 6.92 Å². The lowest BCUT2D eigenvalue weighted by Crippen LogP contribution is -2.27. The second-order valence-corrected chi connectivity index (χ2v) is 6.99. The lowest BCUT2D eigenvalue weighted by atomic mass is 10.1. The smallest absolute Gasteiger partial charge is 0.230 e. The third-order valence-corrected chi connectivity index (χ3v) is 5.11. The Morgan fingerprint density at radius 3 is 2.77 bits per heavy atom. The molecule has 0 atom stereocenters. The largest absolute Gasteiger partial charge is 0.468 e. The van der Waals surface area contributed by atoms with Crippen LogP contribution in [0.15, 0.2) is 47.1 Å². The summed E-state index contributed by atoms with van der Waals surface area (Å²) in [5, 5.41) is 2.95. The number of hydrogen-bond donors (Lipinski definition) is 1. The molecule has 0 fully saturated rings. The molecular formula is C17H21NO2S2. The number of amides is 1. The van der Waals surface area contributed by atoms with Gasteiger partial charge in [0, 0.05) is 18.1 Å². The summed E-state index contributed by atoms with van der Waals surface area (Å²) < 4.78 is 5.25.